The van der Waals surface area contributed by atoms with Crippen molar-refractivity contribution in [2.45, 2.75) is 6.42 Å². The largest absolute Gasteiger partial charge is 0.359 e. The van der Waals surface area contributed by atoms with Crippen LogP contribution in [0.4, 0.5) is 11.6 Å². The second-order valence-corrected chi connectivity index (χ2v) is 4.16. The fraction of sp³-hybridized carbons (Fsp3) is 0.214. The number of benzene rings is 1. The first kappa shape index (κ1) is 12.8. The van der Waals surface area contributed by atoms with Crippen LogP contribution in [-0.2, 0) is 6.42 Å². The minimum Gasteiger partial charge on any atom is -0.359 e. The zero-order valence-electron chi connectivity index (χ0n) is 10.7. The molecule has 0 aliphatic heterocycles. The van der Waals surface area contributed by atoms with Crippen molar-refractivity contribution in [1.82, 2.24) is 9.97 Å². The van der Waals surface area contributed by atoms with Crippen molar-refractivity contribution in [2.75, 3.05) is 23.8 Å². The van der Waals surface area contributed by atoms with Crippen molar-refractivity contribution in [3.63, 3.8) is 0 Å². The fourth-order valence-corrected chi connectivity index (χ4v) is 1.74. The van der Waals surface area contributed by atoms with Crippen LogP contribution in [-0.4, -0.2) is 23.6 Å². The van der Waals surface area contributed by atoms with Gasteiger partial charge in [0.1, 0.15) is 18.0 Å². The van der Waals surface area contributed by atoms with E-state index in [-0.39, 0.29) is 0 Å². The quantitative estimate of drug-likeness (QED) is 0.652. The smallest absolute Gasteiger partial charge is 0.182 e. The van der Waals surface area contributed by atoms with Crippen LogP contribution in [0.1, 0.15) is 5.56 Å². The number of hydrogen-bond acceptors (Lipinski definition) is 5. The van der Waals surface area contributed by atoms with Gasteiger partial charge in [-0.15, -0.1) is 0 Å². The van der Waals surface area contributed by atoms with Crippen LogP contribution in [0.5, 0.6) is 0 Å². The molecular formula is C14H15N5. The highest BCUT2D eigenvalue weighted by atomic mass is 15.2. The van der Waals surface area contributed by atoms with Crippen LogP contribution in [0.2, 0.25) is 0 Å². The highest BCUT2D eigenvalue weighted by Crippen LogP contribution is 2.13. The van der Waals surface area contributed by atoms with Gasteiger partial charge in [0.25, 0.3) is 0 Å². The Balaban J connectivity index is 1.98. The normalized spacial score (nSPS) is 9.68. The summed E-state index contributed by atoms with van der Waals surface area (Å²) in [6.45, 7) is 0.854. The average Bonchev–Trinajstić information content (AvgIpc) is 2.46. The maximum absolute atomic E-state index is 8.57. The molecule has 0 aliphatic carbocycles. The second kappa shape index (κ2) is 6.36. The van der Waals surface area contributed by atoms with E-state index in [1.165, 1.54) is 11.9 Å². The van der Waals surface area contributed by atoms with Gasteiger partial charge in [0, 0.05) is 19.7 Å². The van der Waals surface area contributed by atoms with Gasteiger partial charge in [-0.25, -0.2) is 9.97 Å². The lowest BCUT2D eigenvalue weighted by Crippen LogP contribution is -2.21. The molecule has 5 nitrogen and oxygen atoms in total. The van der Waals surface area contributed by atoms with Gasteiger partial charge in [-0.1, -0.05) is 30.3 Å². The van der Waals surface area contributed by atoms with Crippen LogP contribution in [0.25, 0.3) is 0 Å². The van der Waals surface area contributed by atoms with Crippen molar-refractivity contribution >= 4 is 11.6 Å². The van der Waals surface area contributed by atoms with Crippen LogP contribution in [0.15, 0.2) is 42.7 Å². The summed E-state index contributed by atoms with van der Waals surface area (Å²) in [5, 5.41) is 11.1. The van der Waals surface area contributed by atoms with Gasteiger partial charge in [0.2, 0.25) is 0 Å². The molecule has 1 aromatic carbocycles. The topological polar surface area (TPSA) is 64.8 Å². The van der Waals surface area contributed by atoms with Crippen LogP contribution in [0.3, 0.4) is 0 Å². The molecule has 0 saturated heterocycles. The molecule has 0 unspecified atom stereocenters. The molecule has 0 aliphatic rings. The van der Waals surface area contributed by atoms with Gasteiger partial charge in [-0.2, -0.15) is 5.26 Å². The fourth-order valence-electron chi connectivity index (χ4n) is 1.74. The third-order valence-corrected chi connectivity index (χ3v) is 2.81. The Kier molecular flexibility index (Phi) is 4.29. The molecule has 0 atom stereocenters. The van der Waals surface area contributed by atoms with E-state index in [0.717, 1.165) is 18.8 Å². The van der Waals surface area contributed by atoms with E-state index in [4.69, 9.17) is 5.26 Å². The summed E-state index contributed by atoms with van der Waals surface area (Å²) in [4.78, 5) is 10.2. The number of anilines is 2. The van der Waals surface area contributed by atoms with Gasteiger partial charge in [0.15, 0.2) is 6.19 Å². The van der Waals surface area contributed by atoms with E-state index in [1.807, 2.05) is 36.3 Å². The van der Waals surface area contributed by atoms with E-state index >= 15 is 0 Å². The van der Waals surface area contributed by atoms with Crippen molar-refractivity contribution < 1.29 is 0 Å². The molecule has 19 heavy (non-hydrogen) atoms. The standard InChI is InChI=1S/C14H15N5/c1-19(8-7-12-5-3-2-4-6-12)14-9-13(16-10-15)17-11-18-14/h2-6,9,11H,7-8H2,1H3,(H,16,17,18). The maximum Gasteiger partial charge on any atom is 0.182 e. The monoisotopic (exact) mass is 253 g/mol. The predicted molar refractivity (Wildman–Crippen MR) is 74.7 cm³/mol. The Labute approximate surface area is 112 Å². The van der Waals surface area contributed by atoms with Crippen LogP contribution >= 0.6 is 0 Å². The number of nitrogens with zero attached hydrogens (tertiary/aromatic N) is 4. The molecule has 1 aromatic heterocycles. The van der Waals surface area contributed by atoms with E-state index in [2.05, 4.69) is 27.4 Å². The third kappa shape index (κ3) is 3.68. The molecular weight excluding hydrogens is 238 g/mol. The summed E-state index contributed by atoms with van der Waals surface area (Å²) in [7, 11) is 1.97. The van der Waals surface area contributed by atoms with Crippen LogP contribution in [0, 0.1) is 11.5 Å². The molecule has 0 radical (unpaired) electrons. The molecule has 1 N–H and O–H groups in total. The minimum atomic E-state index is 0.513. The summed E-state index contributed by atoms with van der Waals surface area (Å²) < 4.78 is 0. The summed E-state index contributed by atoms with van der Waals surface area (Å²) in [6, 6.07) is 12.1. The minimum absolute atomic E-state index is 0.513. The number of nitriles is 1. The summed E-state index contributed by atoms with van der Waals surface area (Å²) in [6.07, 6.45) is 4.25. The number of nitrogens with one attached hydrogen (secondary N) is 1. The van der Waals surface area contributed by atoms with Crippen molar-refractivity contribution in [3.8, 4) is 6.19 Å². The van der Waals surface area contributed by atoms with E-state index in [0.29, 0.717) is 5.82 Å². The van der Waals surface area contributed by atoms with Gasteiger partial charge in [-0.05, 0) is 12.0 Å². The van der Waals surface area contributed by atoms with Crippen molar-refractivity contribution in [3.05, 3.63) is 48.3 Å². The van der Waals surface area contributed by atoms with Gasteiger partial charge < -0.3 is 4.90 Å². The molecule has 0 saturated carbocycles. The lowest BCUT2D eigenvalue weighted by molar-refractivity contribution is 0.856. The third-order valence-electron chi connectivity index (χ3n) is 2.81. The predicted octanol–water partition coefficient (Wildman–Crippen LogP) is 2.05. The average molecular weight is 253 g/mol. The van der Waals surface area contributed by atoms with Gasteiger partial charge in [0.05, 0.1) is 0 Å². The first-order valence-corrected chi connectivity index (χ1v) is 6.02. The molecule has 0 bridgehead atoms. The highest BCUT2D eigenvalue weighted by Gasteiger charge is 2.04. The molecule has 96 valence electrons. The lowest BCUT2D eigenvalue weighted by Gasteiger charge is -2.18. The van der Waals surface area contributed by atoms with Gasteiger partial charge in [-0.3, -0.25) is 5.32 Å². The summed E-state index contributed by atoms with van der Waals surface area (Å²) >= 11 is 0. The maximum atomic E-state index is 8.57. The molecule has 0 spiro atoms. The molecule has 2 rings (SSSR count). The number of hydrogen-bond donors (Lipinski definition) is 1. The molecule has 0 amide bonds. The Morgan fingerprint density at radius 3 is 2.79 bits per heavy atom. The van der Waals surface area contributed by atoms with Gasteiger partial charge >= 0.3 is 0 Å². The summed E-state index contributed by atoms with van der Waals surface area (Å²) in [5.41, 5.74) is 1.29. The van der Waals surface area contributed by atoms with E-state index < -0.39 is 0 Å². The Morgan fingerprint density at radius 2 is 2.05 bits per heavy atom. The first-order valence-electron chi connectivity index (χ1n) is 6.02. The van der Waals surface area contributed by atoms with Crippen molar-refractivity contribution in [2.24, 2.45) is 0 Å². The van der Waals surface area contributed by atoms with E-state index in [9.17, 15) is 0 Å². The number of rotatable bonds is 5. The lowest BCUT2D eigenvalue weighted by atomic mass is 10.1. The number of aromatic nitrogens is 2. The molecule has 5 heteroatoms. The van der Waals surface area contributed by atoms with E-state index in [1.54, 1.807) is 6.07 Å². The molecule has 1 heterocycles. The zero-order chi connectivity index (χ0) is 13.5. The zero-order valence-corrected chi connectivity index (χ0v) is 10.7. The summed E-state index contributed by atoms with van der Waals surface area (Å²) in [5.74, 6) is 1.31. The highest BCUT2D eigenvalue weighted by molar-refractivity contribution is 5.49. The SMILES string of the molecule is CN(CCc1ccccc1)c1cc(NC#N)ncn1. The Bertz CT molecular complexity index is 562. The molecule has 0 fully saturated rings. The van der Waals surface area contributed by atoms with Crippen molar-refractivity contribution in [1.29, 1.82) is 5.26 Å². The Morgan fingerprint density at radius 1 is 1.26 bits per heavy atom. The number of likely N-dealkylation sites (N-methyl/N-ethyl adjacent to an activating group) is 1. The van der Waals surface area contributed by atoms with Crippen LogP contribution < -0.4 is 10.2 Å². The first-order chi connectivity index (χ1) is 9.29. The Hall–Kier alpha value is -2.61. The second-order valence-electron chi connectivity index (χ2n) is 4.16. The molecule has 2 aromatic rings.